The molecule has 0 saturated carbocycles. The minimum Gasteiger partial charge on any atom is -0.349 e. The smallest absolute Gasteiger partial charge is 0.289 e. The van der Waals surface area contributed by atoms with E-state index in [1.54, 1.807) is 0 Å². The van der Waals surface area contributed by atoms with Gasteiger partial charge in [0.1, 0.15) is 23.3 Å². The zero-order chi connectivity index (χ0) is 18.5. The number of nitrogens with two attached hydrogens (primary N) is 1. The predicted octanol–water partition coefficient (Wildman–Crippen LogP) is 2.11. The van der Waals surface area contributed by atoms with Gasteiger partial charge in [-0.3, -0.25) is 10.5 Å². The lowest BCUT2D eigenvalue weighted by molar-refractivity contribution is -0.410. The van der Waals surface area contributed by atoms with Gasteiger partial charge in [-0.05, 0) is 36.5 Å². The molecule has 0 radical (unpaired) electrons. The van der Waals surface area contributed by atoms with E-state index in [1.807, 2.05) is 24.3 Å². The van der Waals surface area contributed by atoms with Crippen molar-refractivity contribution in [1.29, 1.82) is 10.5 Å². The van der Waals surface area contributed by atoms with Crippen LogP contribution in [0.1, 0.15) is 41.1 Å². The van der Waals surface area contributed by atoms with Crippen LogP contribution in [0.2, 0.25) is 0 Å². The van der Waals surface area contributed by atoms with Crippen molar-refractivity contribution >= 4 is 23.5 Å². The molecule has 0 saturated heterocycles. The first-order chi connectivity index (χ1) is 12.6. The van der Waals surface area contributed by atoms with Gasteiger partial charge >= 0.3 is 0 Å². The number of fused-ring (bicyclic) bond motifs is 1. The van der Waals surface area contributed by atoms with E-state index in [1.165, 1.54) is 29.0 Å². The van der Waals surface area contributed by atoms with Gasteiger partial charge in [0.25, 0.3) is 5.82 Å². The van der Waals surface area contributed by atoms with E-state index in [4.69, 9.17) is 11.0 Å². The number of rotatable bonds is 4. The molecule has 0 fully saturated rings. The van der Waals surface area contributed by atoms with E-state index >= 15 is 0 Å². The molecule has 0 aliphatic heterocycles. The number of amides is 1. The molecular weight excluding hydrogens is 346 g/mol. The SMILES string of the molecule is N#Cc1cc(C#N)c(SCC(=O)N[C@H]2CCCc3ccccc32)[nH+]c1N. The van der Waals surface area contributed by atoms with Crippen LogP contribution in [0.5, 0.6) is 0 Å². The number of aromatic nitrogens is 1. The van der Waals surface area contributed by atoms with Crippen molar-refractivity contribution < 1.29 is 9.78 Å². The summed E-state index contributed by atoms with van der Waals surface area (Å²) in [4.78, 5) is 15.2. The molecule has 4 N–H and O–H groups in total. The third-order valence-corrected chi connectivity index (χ3v) is 5.38. The Kier molecular flexibility index (Phi) is 5.40. The zero-order valence-corrected chi connectivity index (χ0v) is 14.9. The normalized spacial score (nSPS) is 15.4. The summed E-state index contributed by atoms with van der Waals surface area (Å²) in [5.74, 6) is 0.252. The number of carbonyl (C=O) groups excluding carboxylic acids is 1. The summed E-state index contributed by atoms with van der Waals surface area (Å²) in [5.41, 5.74) is 8.76. The Morgan fingerprint density at radius 2 is 2.08 bits per heavy atom. The summed E-state index contributed by atoms with van der Waals surface area (Å²) < 4.78 is 0. The summed E-state index contributed by atoms with van der Waals surface area (Å²) >= 11 is 1.20. The van der Waals surface area contributed by atoms with Crippen molar-refractivity contribution in [3.63, 3.8) is 0 Å². The third-order valence-electron chi connectivity index (χ3n) is 4.36. The number of aryl methyl sites for hydroxylation is 1. The highest BCUT2D eigenvalue weighted by Gasteiger charge is 2.22. The van der Waals surface area contributed by atoms with Crippen LogP contribution in [0.15, 0.2) is 35.4 Å². The summed E-state index contributed by atoms with van der Waals surface area (Å²) in [7, 11) is 0. The van der Waals surface area contributed by atoms with Crippen molar-refractivity contribution in [3.8, 4) is 12.1 Å². The van der Waals surface area contributed by atoms with E-state index in [-0.39, 0.29) is 29.1 Å². The number of nitrogen functional groups attached to an aromatic ring is 1. The second-order valence-electron chi connectivity index (χ2n) is 6.06. The number of nitriles is 2. The molecule has 3 rings (SSSR count). The zero-order valence-electron chi connectivity index (χ0n) is 14.1. The fourth-order valence-electron chi connectivity index (χ4n) is 3.11. The highest BCUT2D eigenvalue weighted by Crippen LogP contribution is 2.29. The van der Waals surface area contributed by atoms with E-state index in [0.717, 1.165) is 19.3 Å². The van der Waals surface area contributed by atoms with E-state index < -0.39 is 0 Å². The number of benzene rings is 1. The first-order valence-corrected chi connectivity index (χ1v) is 9.27. The molecule has 1 aromatic carbocycles. The molecule has 0 unspecified atom stereocenters. The van der Waals surface area contributed by atoms with Crippen molar-refractivity contribution in [2.45, 2.75) is 30.3 Å². The van der Waals surface area contributed by atoms with Crippen LogP contribution >= 0.6 is 11.8 Å². The first-order valence-electron chi connectivity index (χ1n) is 8.28. The van der Waals surface area contributed by atoms with Crippen LogP contribution in [0.3, 0.4) is 0 Å². The minimum absolute atomic E-state index is 0.0264. The number of nitrogens with one attached hydrogen (secondary N) is 2. The summed E-state index contributed by atoms with van der Waals surface area (Å²) in [6.45, 7) is 0. The Hall–Kier alpha value is -3.03. The maximum Gasteiger partial charge on any atom is 0.289 e. The number of hydrogen-bond donors (Lipinski definition) is 2. The maximum absolute atomic E-state index is 12.4. The lowest BCUT2D eigenvalue weighted by atomic mass is 9.88. The Morgan fingerprint density at radius 1 is 1.31 bits per heavy atom. The molecule has 26 heavy (non-hydrogen) atoms. The lowest BCUT2D eigenvalue weighted by Crippen LogP contribution is -2.32. The minimum atomic E-state index is -0.100. The lowest BCUT2D eigenvalue weighted by Gasteiger charge is -2.26. The molecular formula is C19H18N5OS+. The van der Waals surface area contributed by atoms with Gasteiger partial charge in [0.2, 0.25) is 5.91 Å². The van der Waals surface area contributed by atoms with Crippen LogP contribution in [0.25, 0.3) is 0 Å². The molecule has 130 valence electrons. The van der Waals surface area contributed by atoms with Gasteiger partial charge < -0.3 is 5.32 Å². The largest absolute Gasteiger partial charge is 0.349 e. The summed E-state index contributed by atoms with van der Waals surface area (Å²) in [5, 5.41) is 21.8. The first kappa shape index (κ1) is 17.8. The predicted molar refractivity (Wildman–Crippen MR) is 97.8 cm³/mol. The molecule has 0 bridgehead atoms. The molecule has 1 aliphatic rings. The Morgan fingerprint density at radius 3 is 2.85 bits per heavy atom. The average Bonchev–Trinajstić information content (AvgIpc) is 2.66. The third kappa shape index (κ3) is 3.79. The molecule has 7 heteroatoms. The molecule has 1 heterocycles. The van der Waals surface area contributed by atoms with Crippen molar-refractivity contribution in [2.75, 3.05) is 11.5 Å². The van der Waals surface area contributed by atoms with Crippen LogP contribution < -0.4 is 16.0 Å². The molecule has 6 nitrogen and oxygen atoms in total. The fourth-order valence-corrected chi connectivity index (χ4v) is 3.91. The molecule has 1 amide bonds. The molecule has 1 aliphatic carbocycles. The molecule has 2 aromatic rings. The Bertz CT molecular complexity index is 929. The van der Waals surface area contributed by atoms with E-state index in [9.17, 15) is 10.1 Å². The van der Waals surface area contributed by atoms with Gasteiger partial charge in [-0.25, -0.2) is 4.98 Å². The fraction of sp³-hybridized carbons (Fsp3) is 0.263. The Balaban J connectivity index is 1.67. The number of anilines is 1. The van der Waals surface area contributed by atoms with Gasteiger partial charge in [0.15, 0.2) is 5.03 Å². The van der Waals surface area contributed by atoms with Gasteiger partial charge in [-0.2, -0.15) is 10.5 Å². The quantitative estimate of drug-likeness (QED) is 0.806. The molecule has 1 atom stereocenters. The van der Waals surface area contributed by atoms with Gasteiger partial charge in [0.05, 0.1) is 11.8 Å². The van der Waals surface area contributed by atoms with Gasteiger partial charge in [0, 0.05) is 0 Å². The van der Waals surface area contributed by atoms with Gasteiger partial charge in [-0.15, -0.1) is 0 Å². The number of carbonyl (C=O) groups is 1. The molecule has 0 spiro atoms. The maximum atomic E-state index is 12.4. The van der Waals surface area contributed by atoms with Crippen LogP contribution in [0, 0.1) is 22.7 Å². The number of pyridine rings is 1. The van der Waals surface area contributed by atoms with Crippen LogP contribution in [0.4, 0.5) is 5.82 Å². The molecule has 1 aromatic heterocycles. The Labute approximate surface area is 156 Å². The van der Waals surface area contributed by atoms with Crippen molar-refractivity contribution in [3.05, 3.63) is 52.6 Å². The highest BCUT2D eigenvalue weighted by molar-refractivity contribution is 7.99. The summed E-state index contributed by atoms with van der Waals surface area (Å²) in [6.07, 6.45) is 3.02. The number of thioether (sulfide) groups is 1. The van der Waals surface area contributed by atoms with Crippen LogP contribution in [-0.4, -0.2) is 11.7 Å². The van der Waals surface area contributed by atoms with E-state index in [0.29, 0.717) is 10.6 Å². The number of aromatic amines is 1. The highest BCUT2D eigenvalue weighted by atomic mass is 32.2. The number of nitrogens with zero attached hydrogens (tertiary/aromatic N) is 2. The van der Waals surface area contributed by atoms with Gasteiger partial charge in [-0.1, -0.05) is 36.0 Å². The second kappa shape index (κ2) is 7.90. The summed E-state index contributed by atoms with van der Waals surface area (Å²) in [6, 6.07) is 13.6. The number of H-pyrrole nitrogens is 1. The topological polar surface area (TPSA) is 117 Å². The van der Waals surface area contributed by atoms with Crippen molar-refractivity contribution in [1.82, 2.24) is 5.32 Å². The second-order valence-corrected chi connectivity index (χ2v) is 7.05. The number of hydrogen-bond acceptors (Lipinski definition) is 5. The van der Waals surface area contributed by atoms with Crippen molar-refractivity contribution in [2.24, 2.45) is 0 Å². The average molecular weight is 364 g/mol. The van der Waals surface area contributed by atoms with E-state index in [2.05, 4.69) is 22.4 Å². The standard InChI is InChI=1S/C19H17N5OS/c20-9-13-8-14(10-21)19(24-18(13)22)26-11-17(25)23-16-7-3-5-12-4-1-2-6-15(12)16/h1-2,4,6,8,16H,3,5,7,11H2,(H2,22,24)(H,23,25)/p+1/t16-/m0/s1. The monoisotopic (exact) mass is 364 g/mol. The van der Waals surface area contributed by atoms with Crippen LogP contribution in [-0.2, 0) is 11.2 Å².